The molecule has 0 radical (unpaired) electrons. The van der Waals surface area contributed by atoms with Crippen LogP contribution < -0.4 is 15.5 Å². The second kappa shape index (κ2) is 7.31. The van der Waals surface area contributed by atoms with E-state index in [1.807, 2.05) is 0 Å². The summed E-state index contributed by atoms with van der Waals surface area (Å²) in [6.07, 6.45) is 3.44. The molecule has 1 aromatic heterocycles. The zero-order valence-electron chi connectivity index (χ0n) is 13.5. The Balaban J connectivity index is 1.66. The minimum Gasteiger partial charge on any atom is -0.465 e. The van der Waals surface area contributed by atoms with Gasteiger partial charge in [0.15, 0.2) is 0 Å². The van der Waals surface area contributed by atoms with Crippen molar-refractivity contribution in [1.82, 2.24) is 10.6 Å². The summed E-state index contributed by atoms with van der Waals surface area (Å²) in [6.45, 7) is 1.31. The quantitative estimate of drug-likeness (QED) is 0.787. The molecule has 2 aliphatic heterocycles. The summed E-state index contributed by atoms with van der Waals surface area (Å²) in [5, 5.41) is 8.37. The van der Waals surface area contributed by atoms with Crippen molar-refractivity contribution in [2.24, 2.45) is 0 Å². The van der Waals surface area contributed by atoms with Crippen LogP contribution in [0, 0.1) is 0 Å². The van der Waals surface area contributed by atoms with Gasteiger partial charge in [0.1, 0.15) is 11.0 Å². The van der Waals surface area contributed by atoms with E-state index in [1.165, 1.54) is 18.4 Å². The Hall–Kier alpha value is -1.93. The lowest BCUT2D eigenvalue weighted by atomic mass is 10.0. The van der Waals surface area contributed by atoms with Gasteiger partial charge in [-0.2, -0.15) is 0 Å². The van der Waals surface area contributed by atoms with E-state index in [-0.39, 0.29) is 17.9 Å². The fourth-order valence-electron chi connectivity index (χ4n) is 3.14. The lowest BCUT2D eigenvalue weighted by Gasteiger charge is -2.24. The molecule has 0 saturated carbocycles. The summed E-state index contributed by atoms with van der Waals surface area (Å²) < 4.78 is 4.75. The first-order valence-corrected chi connectivity index (χ1v) is 9.00. The molecular weight excluding hydrogens is 330 g/mol. The molecule has 8 heteroatoms. The van der Waals surface area contributed by atoms with Gasteiger partial charge in [-0.25, -0.2) is 4.79 Å². The second-order valence-corrected chi connectivity index (χ2v) is 6.87. The number of nitrogens with one attached hydrogen (secondary N) is 2. The highest BCUT2D eigenvalue weighted by molar-refractivity contribution is 7.14. The maximum atomic E-state index is 12.6. The van der Waals surface area contributed by atoms with Gasteiger partial charge in [0.05, 0.1) is 18.7 Å². The number of hydrogen-bond acceptors (Lipinski definition) is 6. The number of methoxy groups -OCH3 is 1. The monoisotopic (exact) mass is 351 g/mol. The van der Waals surface area contributed by atoms with Crippen molar-refractivity contribution in [1.29, 1.82) is 0 Å². The van der Waals surface area contributed by atoms with Gasteiger partial charge in [0.2, 0.25) is 11.8 Å². The number of carbonyl (C=O) groups excluding carboxylic acids is 3. The molecule has 2 unspecified atom stereocenters. The fourth-order valence-corrected chi connectivity index (χ4v) is 4.06. The highest BCUT2D eigenvalue weighted by atomic mass is 32.1. The molecule has 2 atom stereocenters. The Morgan fingerprint density at radius 2 is 2.21 bits per heavy atom. The van der Waals surface area contributed by atoms with Crippen molar-refractivity contribution in [3.05, 3.63) is 17.0 Å². The minimum absolute atomic E-state index is 0.116. The Kier molecular flexibility index (Phi) is 5.15. The maximum absolute atomic E-state index is 12.6. The Bertz CT molecular complexity index is 639. The van der Waals surface area contributed by atoms with Gasteiger partial charge >= 0.3 is 5.97 Å². The summed E-state index contributed by atoms with van der Waals surface area (Å²) in [7, 11) is 1.32. The molecule has 2 saturated heterocycles. The van der Waals surface area contributed by atoms with Crippen LogP contribution in [0.3, 0.4) is 0 Å². The first kappa shape index (κ1) is 16.9. The van der Waals surface area contributed by atoms with Crippen LogP contribution in [0.15, 0.2) is 11.4 Å². The zero-order chi connectivity index (χ0) is 17.1. The van der Waals surface area contributed by atoms with E-state index in [4.69, 9.17) is 4.74 Å². The van der Waals surface area contributed by atoms with Crippen molar-refractivity contribution >= 4 is 34.1 Å². The zero-order valence-corrected chi connectivity index (χ0v) is 14.4. The topological polar surface area (TPSA) is 87.7 Å². The third-order valence-corrected chi connectivity index (χ3v) is 5.38. The maximum Gasteiger partial charge on any atom is 0.340 e. The fraction of sp³-hybridized carbons (Fsp3) is 0.562. The van der Waals surface area contributed by atoms with E-state index in [0.29, 0.717) is 23.5 Å². The van der Waals surface area contributed by atoms with Crippen molar-refractivity contribution in [3.8, 4) is 0 Å². The van der Waals surface area contributed by atoms with Crippen LogP contribution in [0.4, 0.5) is 5.00 Å². The summed E-state index contributed by atoms with van der Waals surface area (Å²) in [4.78, 5) is 38.3. The molecule has 2 fully saturated rings. The second-order valence-electron chi connectivity index (χ2n) is 5.97. The number of amides is 2. The number of nitrogens with zero attached hydrogens (tertiary/aromatic N) is 1. The summed E-state index contributed by atoms with van der Waals surface area (Å²) in [6, 6.07) is 0.901. The third kappa shape index (κ3) is 3.29. The van der Waals surface area contributed by atoms with Crippen LogP contribution in [0.1, 0.15) is 36.0 Å². The van der Waals surface area contributed by atoms with Crippen molar-refractivity contribution in [3.63, 3.8) is 0 Å². The van der Waals surface area contributed by atoms with E-state index < -0.39 is 12.0 Å². The average molecular weight is 351 g/mol. The lowest BCUT2D eigenvalue weighted by Crippen LogP contribution is -2.51. The highest BCUT2D eigenvalue weighted by Gasteiger charge is 2.37. The summed E-state index contributed by atoms with van der Waals surface area (Å²) in [5.74, 6) is -0.751. The van der Waals surface area contributed by atoms with E-state index >= 15 is 0 Å². The Labute approximate surface area is 144 Å². The predicted molar refractivity (Wildman–Crippen MR) is 90.2 cm³/mol. The molecule has 0 aromatic carbocycles. The lowest BCUT2D eigenvalue weighted by molar-refractivity contribution is -0.128. The average Bonchev–Trinajstić information content (AvgIpc) is 3.22. The molecule has 1 aromatic rings. The van der Waals surface area contributed by atoms with Gasteiger partial charge in [0, 0.05) is 6.54 Å². The van der Waals surface area contributed by atoms with Crippen molar-refractivity contribution in [2.45, 2.75) is 37.8 Å². The van der Waals surface area contributed by atoms with E-state index in [2.05, 4.69) is 10.6 Å². The molecule has 24 heavy (non-hydrogen) atoms. The molecule has 0 aliphatic carbocycles. The van der Waals surface area contributed by atoms with Gasteiger partial charge in [0.25, 0.3) is 0 Å². The Morgan fingerprint density at radius 3 is 2.92 bits per heavy atom. The van der Waals surface area contributed by atoms with Crippen LogP contribution in [-0.2, 0) is 14.3 Å². The molecule has 2 amide bonds. The normalized spacial score (nSPS) is 24.0. The van der Waals surface area contributed by atoms with Crippen molar-refractivity contribution < 1.29 is 19.1 Å². The van der Waals surface area contributed by atoms with Crippen LogP contribution in [0.25, 0.3) is 0 Å². The molecule has 3 heterocycles. The van der Waals surface area contributed by atoms with E-state index in [1.54, 1.807) is 16.3 Å². The standard InChI is InChI=1S/C16H21N3O4S/c1-23-16(22)10-6-9-24-15(10)19-8-5-12(14(19)21)18-13(20)11-4-2-3-7-17-11/h6,9,11-12,17H,2-5,7-8H2,1H3,(H,18,20). The number of ether oxygens (including phenoxy) is 1. The molecule has 2 N–H and O–H groups in total. The largest absolute Gasteiger partial charge is 0.465 e. The molecule has 130 valence electrons. The number of rotatable bonds is 4. The van der Waals surface area contributed by atoms with E-state index in [9.17, 15) is 14.4 Å². The van der Waals surface area contributed by atoms with Crippen LogP contribution in [0.2, 0.25) is 0 Å². The molecule has 2 aliphatic rings. The minimum atomic E-state index is -0.533. The molecule has 7 nitrogen and oxygen atoms in total. The Morgan fingerprint density at radius 1 is 1.38 bits per heavy atom. The number of anilines is 1. The molecular formula is C16H21N3O4S. The SMILES string of the molecule is COC(=O)c1ccsc1N1CCC(NC(=O)C2CCCCN2)C1=O. The number of hydrogen-bond donors (Lipinski definition) is 2. The molecule has 0 spiro atoms. The number of thiophene rings is 1. The van der Waals surface area contributed by atoms with E-state index in [0.717, 1.165) is 25.8 Å². The smallest absolute Gasteiger partial charge is 0.340 e. The third-order valence-electron chi connectivity index (χ3n) is 4.44. The first-order chi connectivity index (χ1) is 11.6. The van der Waals surface area contributed by atoms with Gasteiger partial charge < -0.3 is 20.3 Å². The van der Waals surface area contributed by atoms with Gasteiger partial charge in [-0.1, -0.05) is 6.42 Å². The van der Waals surface area contributed by atoms with Crippen molar-refractivity contribution in [2.75, 3.05) is 25.1 Å². The number of piperidine rings is 1. The predicted octanol–water partition coefficient (Wildman–Crippen LogP) is 0.898. The van der Waals surface area contributed by atoms with Crippen LogP contribution >= 0.6 is 11.3 Å². The van der Waals surface area contributed by atoms with Gasteiger partial charge in [-0.05, 0) is 37.3 Å². The molecule has 0 bridgehead atoms. The highest BCUT2D eigenvalue weighted by Crippen LogP contribution is 2.31. The summed E-state index contributed by atoms with van der Waals surface area (Å²) >= 11 is 1.32. The van der Waals surface area contributed by atoms with Gasteiger partial charge in [-0.15, -0.1) is 11.3 Å². The van der Waals surface area contributed by atoms with Crippen LogP contribution in [-0.4, -0.2) is 50.1 Å². The number of carbonyl (C=O) groups is 3. The van der Waals surface area contributed by atoms with Gasteiger partial charge in [-0.3, -0.25) is 9.59 Å². The first-order valence-electron chi connectivity index (χ1n) is 8.12. The van der Waals surface area contributed by atoms with Crippen LogP contribution in [0.5, 0.6) is 0 Å². The molecule has 3 rings (SSSR count). The number of esters is 1. The summed E-state index contributed by atoms with van der Waals surface area (Å²) in [5.41, 5.74) is 0.386.